The number of hydrogen-bond acceptors (Lipinski definition) is 4. The SMILES string of the molecule is O=C1O[C@H](Cc2[nH]nnc2F)CN1c1ccc(I)c(F)c1. The maximum atomic E-state index is 13.6. The first kappa shape index (κ1) is 14.2. The van der Waals surface area contributed by atoms with E-state index in [1.807, 2.05) is 22.6 Å². The molecule has 0 spiro atoms. The number of nitrogens with one attached hydrogen (secondary N) is 1. The van der Waals surface area contributed by atoms with Crippen molar-refractivity contribution in [2.45, 2.75) is 12.5 Å². The van der Waals surface area contributed by atoms with E-state index in [0.717, 1.165) is 0 Å². The third-order valence-electron chi connectivity index (χ3n) is 3.09. The summed E-state index contributed by atoms with van der Waals surface area (Å²) in [6.45, 7) is 0.206. The maximum Gasteiger partial charge on any atom is 0.414 e. The fourth-order valence-electron chi connectivity index (χ4n) is 2.08. The van der Waals surface area contributed by atoms with Crippen molar-refractivity contribution in [3.63, 3.8) is 0 Å². The van der Waals surface area contributed by atoms with E-state index in [0.29, 0.717) is 9.26 Å². The summed E-state index contributed by atoms with van der Waals surface area (Å²) < 4.78 is 32.4. The minimum Gasteiger partial charge on any atom is -0.444 e. The van der Waals surface area contributed by atoms with E-state index in [1.165, 1.54) is 11.0 Å². The first-order chi connectivity index (χ1) is 10.0. The molecular weight excluding hydrogens is 397 g/mol. The number of benzene rings is 1. The molecule has 1 aromatic carbocycles. The van der Waals surface area contributed by atoms with Gasteiger partial charge in [-0.25, -0.2) is 9.18 Å². The van der Waals surface area contributed by atoms with Crippen molar-refractivity contribution < 1.29 is 18.3 Å². The number of anilines is 1. The number of halogens is 3. The molecule has 110 valence electrons. The van der Waals surface area contributed by atoms with Gasteiger partial charge in [-0.1, -0.05) is 10.3 Å². The van der Waals surface area contributed by atoms with Crippen LogP contribution < -0.4 is 4.90 Å². The molecule has 1 N–H and O–H groups in total. The number of aromatic amines is 1. The normalized spacial score (nSPS) is 18.1. The van der Waals surface area contributed by atoms with E-state index >= 15 is 0 Å². The van der Waals surface area contributed by atoms with Crippen molar-refractivity contribution in [2.24, 2.45) is 0 Å². The lowest BCUT2D eigenvalue weighted by Crippen LogP contribution is -2.25. The molecule has 1 aliphatic heterocycles. The highest BCUT2D eigenvalue weighted by Crippen LogP contribution is 2.25. The number of amides is 1. The molecule has 9 heteroatoms. The maximum absolute atomic E-state index is 13.6. The van der Waals surface area contributed by atoms with Crippen molar-refractivity contribution in [3.05, 3.63) is 39.2 Å². The van der Waals surface area contributed by atoms with Crippen molar-refractivity contribution in [1.29, 1.82) is 0 Å². The number of nitrogens with zero attached hydrogens (tertiary/aromatic N) is 3. The minimum absolute atomic E-state index is 0.133. The zero-order valence-corrected chi connectivity index (χ0v) is 12.7. The summed E-state index contributed by atoms with van der Waals surface area (Å²) in [4.78, 5) is 13.1. The highest BCUT2D eigenvalue weighted by Gasteiger charge is 2.33. The number of hydrogen-bond donors (Lipinski definition) is 1. The Balaban J connectivity index is 1.75. The number of cyclic esters (lactones) is 1. The van der Waals surface area contributed by atoms with E-state index in [2.05, 4.69) is 15.4 Å². The molecule has 6 nitrogen and oxygen atoms in total. The van der Waals surface area contributed by atoms with Gasteiger partial charge in [0.15, 0.2) is 0 Å². The molecular formula is C12H9F2IN4O2. The van der Waals surface area contributed by atoms with Gasteiger partial charge >= 0.3 is 6.09 Å². The van der Waals surface area contributed by atoms with E-state index in [-0.39, 0.29) is 18.7 Å². The average Bonchev–Trinajstić information content (AvgIpc) is 3.00. The standard InChI is InChI=1S/C12H9F2IN4O2/c13-8-3-6(1-2-9(8)15)19-5-7(21-12(19)20)4-10-11(14)17-18-16-10/h1-3,7H,4-5H2,(H,16,17,18)/t7-/m1/s1. The van der Waals surface area contributed by atoms with Gasteiger partial charge in [0.05, 0.1) is 17.9 Å². The number of carbonyl (C=O) groups is 1. The Labute approximate surface area is 131 Å². The number of H-pyrrole nitrogens is 1. The fraction of sp³-hybridized carbons (Fsp3) is 0.250. The summed E-state index contributed by atoms with van der Waals surface area (Å²) in [5.41, 5.74) is 0.576. The second-order valence-corrected chi connectivity index (χ2v) is 5.66. The van der Waals surface area contributed by atoms with Gasteiger partial charge in [0, 0.05) is 9.99 Å². The highest BCUT2D eigenvalue weighted by molar-refractivity contribution is 14.1. The Bertz CT molecular complexity index is 694. The molecule has 1 saturated heterocycles. The van der Waals surface area contributed by atoms with Crippen LogP contribution in [-0.4, -0.2) is 34.2 Å². The van der Waals surface area contributed by atoms with Gasteiger partial charge < -0.3 is 4.74 Å². The minimum atomic E-state index is -0.718. The van der Waals surface area contributed by atoms with Crippen LogP contribution in [0.5, 0.6) is 0 Å². The van der Waals surface area contributed by atoms with Crippen LogP contribution in [0, 0.1) is 15.3 Å². The Morgan fingerprint density at radius 3 is 2.95 bits per heavy atom. The van der Waals surface area contributed by atoms with E-state index in [1.54, 1.807) is 12.1 Å². The summed E-state index contributed by atoms with van der Waals surface area (Å²) in [5.74, 6) is -1.13. The smallest absolute Gasteiger partial charge is 0.414 e. The lowest BCUT2D eigenvalue weighted by Gasteiger charge is -2.13. The van der Waals surface area contributed by atoms with Crippen LogP contribution in [0.15, 0.2) is 18.2 Å². The first-order valence-corrected chi connectivity index (χ1v) is 7.11. The van der Waals surface area contributed by atoms with Crippen LogP contribution in [0.3, 0.4) is 0 Å². The second-order valence-electron chi connectivity index (χ2n) is 4.50. The molecule has 0 radical (unpaired) electrons. The Morgan fingerprint density at radius 2 is 2.29 bits per heavy atom. The van der Waals surface area contributed by atoms with Crippen molar-refractivity contribution >= 4 is 34.4 Å². The van der Waals surface area contributed by atoms with Gasteiger partial charge in [0.25, 0.3) is 5.95 Å². The summed E-state index contributed by atoms with van der Waals surface area (Å²) in [7, 11) is 0. The van der Waals surface area contributed by atoms with Crippen LogP contribution in [-0.2, 0) is 11.2 Å². The van der Waals surface area contributed by atoms with Crippen molar-refractivity contribution in [2.75, 3.05) is 11.4 Å². The zero-order chi connectivity index (χ0) is 15.0. The van der Waals surface area contributed by atoms with Crippen LogP contribution >= 0.6 is 22.6 Å². The van der Waals surface area contributed by atoms with Crippen LogP contribution in [0.25, 0.3) is 0 Å². The third-order valence-corrected chi connectivity index (χ3v) is 3.97. The molecule has 21 heavy (non-hydrogen) atoms. The van der Waals surface area contributed by atoms with Crippen LogP contribution in [0.4, 0.5) is 19.3 Å². The van der Waals surface area contributed by atoms with Crippen LogP contribution in [0.1, 0.15) is 5.69 Å². The van der Waals surface area contributed by atoms with Crippen LogP contribution in [0.2, 0.25) is 0 Å². The molecule has 1 aliphatic rings. The van der Waals surface area contributed by atoms with Gasteiger partial charge in [-0.3, -0.25) is 10.00 Å². The highest BCUT2D eigenvalue weighted by atomic mass is 127. The molecule has 0 unspecified atom stereocenters. The first-order valence-electron chi connectivity index (χ1n) is 6.03. The third kappa shape index (κ3) is 2.82. The summed E-state index contributed by atoms with van der Waals surface area (Å²) in [6, 6.07) is 4.47. The fourth-order valence-corrected chi connectivity index (χ4v) is 2.42. The van der Waals surface area contributed by atoms with E-state index < -0.39 is 24.0 Å². The van der Waals surface area contributed by atoms with Gasteiger partial charge in [0.2, 0.25) is 0 Å². The van der Waals surface area contributed by atoms with Crippen molar-refractivity contribution in [1.82, 2.24) is 15.4 Å². The summed E-state index contributed by atoms with van der Waals surface area (Å²) in [6.07, 6.45) is -1.00. The van der Waals surface area contributed by atoms with Gasteiger partial charge in [-0.2, -0.15) is 4.39 Å². The lowest BCUT2D eigenvalue weighted by molar-refractivity contribution is 0.140. The molecule has 2 heterocycles. The molecule has 1 atom stereocenters. The number of aromatic nitrogens is 3. The number of rotatable bonds is 3. The Hall–Kier alpha value is -1.78. The molecule has 0 saturated carbocycles. The van der Waals surface area contributed by atoms with Gasteiger partial charge in [-0.15, -0.1) is 0 Å². The van der Waals surface area contributed by atoms with Crippen molar-refractivity contribution in [3.8, 4) is 0 Å². The average molecular weight is 406 g/mol. The molecule has 1 amide bonds. The molecule has 0 aliphatic carbocycles. The Kier molecular flexibility index (Phi) is 3.74. The number of ether oxygens (including phenoxy) is 1. The van der Waals surface area contributed by atoms with E-state index in [9.17, 15) is 13.6 Å². The largest absolute Gasteiger partial charge is 0.444 e. The topological polar surface area (TPSA) is 71.1 Å². The van der Waals surface area contributed by atoms with Gasteiger partial charge in [-0.05, 0) is 40.8 Å². The molecule has 1 fully saturated rings. The predicted octanol–water partition coefficient (Wildman–Crippen LogP) is 2.26. The monoisotopic (exact) mass is 406 g/mol. The predicted molar refractivity (Wildman–Crippen MR) is 76.8 cm³/mol. The second kappa shape index (κ2) is 5.54. The lowest BCUT2D eigenvalue weighted by atomic mass is 10.2. The number of carbonyl (C=O) groups excluding carboxylic acids is 1. The molecule has 3 rings (SSSR count). The molecule has 2 aromatic rings. The Morgan fingerprint density at radius 1 is 1.48 bits per heavy atom. The summed E-state index contributed by atoms with van der Waals surface area (Å²) in [5, 5.41) is 8.94. The zero-order valence-electron chi connectivity index (χ0n) is 10.5. The molecule has 1 aromatic heterocycles. The quantitative estimate of drug-likeness (QED) is 0.795. The molecule has 0 bridgehead atoms. The van der Waals surface area contributed by atoms with Gasteiger partial charge in [0.1, 0.15) is 11.9 Å². The summed E-state index contributed by atoms with van der Waals surface area (Å²) >= 11 is 1.86. The van der Waals surface area contributed by atoms with E-state index in [4.69, 9.17) is 4.74 Å².